The fourth-order valence-corrected chi connectivity index (χ4v) is 3.55. The second-order valence-corrected chi connectivity index (χ2v) is 7.96. The number of rotatable bonds is 5. The van der Waals surface area contributed by atoms with Crippen LogP contribution in [0.4, 0.5) is 36.4 Å². The third kappa shape index (κ3) is 4.99. The highest BCUT2D eigenvalue weighted by Crippen LogP contribution is 2.39. The van der Waals surface area contributed by atoms with Gasteiger partial charge in [0.25, 0.3) is 5.91 Å². The lowest BCUT2D eigenvalue weighted by atomic mass is 10.1. The predicted octanol–water partition coefficient (Wildman–Crippen LogP) is 5.98. The molecule has 1 amide bonds. The van der Waals surface area contributed by atoms with E-state index in [2.05, 4.69) is 4.98 Å². The van der Waals surface area contributed by atoms with Gasteiger partial charge in [-0.1, -0.05) is 0 Å². The van der Waals surface area contributed by atoms with Crippen molar-refractivity contribution in [3.05, 3.63) is 77.0 Å². The van der Waals surface area contributed by atoms with Crippen molar-refractivity contribution >= 4 is 11.6 Å². The summed E-state index contributed by atoms with van der Waals surface area (Å²) < 4.78 is 94.9. The van der Waals surface area contributed by atoms with Crippen molar-refractivity contribution in [3.8, 4) is 11.9 Å². The quantitative estimate of drug-likeness (QED) is 0.409. The summed E-state index contributed by atoms with van der Waals surface area (Å²) in [5.41, 5.74) is -4.86. The summed E-state index contributed by atoms with van der Waals surface area (Å²) in [6, 6.07) is 8.41. The zero-order valence-corrected chi connectivity index (χ0v) is 17.7. The van der Waals surface area contributed by atoms with Crippen LogP contribution in [0, 0.1) is 23.1 Å². The van der Waals surface area contributed by atoms with Gasteiger partial charge in [0.05, 0.1) is 5.56 Å². The summed E-state index contributed by atoms with van der Waals surface area (Å²) in [7, 11) is 0. The molecule has 1 aliphatic carbocycles. The molecule has 3 aromatic rings. The molecular weight excluding hydrogens is 481 g/mol. The van der Waals surface area contributed by atoms with E-state index >= 15 is 0 Å². The van der Waals surface area contributed by atoms with Gasteiger partial charge in [0.2, 0.25) is 0 Å². The molecule has 0 bridgehead atoms. The lowest BCUT2D eigenvalue weighted by Crippen LogP contribution is -2.34. The van der Waals surface area contributed by atoms with Crippen LogP contribution in [-0.2, 0) is 12.4 Å². The molecule has 2 aromatic heterocycles. The molecule has 0 N–H and O–H groups in total. The number of hydrogen-bond donors (Lipinski definition) is 0. The highest BCUT2D eigenvalue weighted by molar-refractivity contribution is 6.05. The van der Waals surface area contributed by atoms with Gasteiger partial charge < -0.3 is 4.90 Å². The number of nitriles is 1. The minimum absolute atomic E-state index is 0.144. The summed E-state index contributed by atoms with van der Waals surface area (Å²) in [6.45, 7) is 0.213. The van der Waals surface area contributed by atoms with Crippen molar-refractivity contribution < 1.29 is 35.5 Å². The van der Waals surface area contributed by atoms with E-state index in [4.69, 9.17) is 0 Å². The van der Waals surface area contributed by atoms with E-state index in [9.17, 15) is 40.8 Å². The molecule has 182 valence electrons. The van der Waals surface area contributed by atoms with Crippen molar-refractivity contribution in [2.75, 3.05) is 11.4 Å². The largest absolute Gasteiger partial charge is 0.433 e. The third-order valence-corrected chi connectivity index (χ3v) is 5.43. The minimum Gasteiger partial charge on any atom is -0.307 e. The van der Waals surface area contributed by atoms with Crippen LogP contribution in [0.3, 0.4) is 0 Å². The van der Waals surface area contributed by atoms with Crippen molar-refractivity contribution in [3.63, 3.8) is 0 Å². The number of hydrogen-bond acceptors (Lipinski definition) is 3. The van der Waals surface area contributed by atoms with Gasteiger partial charge in [0.15, 0.2) is 5.82 Å². The van der Waals surface area contributed by atoms with Gasteiger partial charge in [-0.15, -0.1) is 0 Å². The van der Waals surface area contributed by atoms with Crippen LogP contribution >= 0.6 is 0 Å². The Kier molecular flexibility index (Phi) is 6.04. The number of alkyl halides is 6. The van der Waals surface area contributed by atoms with Gasteiger partial charge in [0.1, 0.15) is 28.8 Å². The first kappa shape index (κ1) is 24.3. The molecule has 0 spiro atoms. The maximum atomic E-state index is 13.6. The molecule has 1 fully saturated rings. The molecule has 5 nitrogen and oxygen atoms in total. The van der Waals surface area contributed by atoms with Crippen molar-refractivity contribution in [1.29, 1.82) is 5.26 Å². The average Bonchev–Trinajstić information content (AvgIpc) is 3.48. The second kappa shape index (κ2) is 8.72. The number of pyridine rings is 1. The molecule has 0 unspecified atom stereocenters. The number of carbonyl (C=O) groups is 1. The first-order valence-corrected chi connectivity index (χ1v) is 10.2. The molecule has 2 heterocycles. The standard InChI is InChI=1S/C23H15F7N4O/c24-14-5-7-15(8-6-14)34(12-13-3-4-13)21(35)18-2-1-9-33(18)20-16(11-31)17(22(25,26)27)10-19(32-20)23(28,29)30/h1-2,5-10,13H,3-4,12H2. The molecule has 1 aromatic carbocycles. The van der Waals surface area contributed by atoms with Gasteiger partial charge in [-0.3, -0.25) is 9.36 Å². The molecule has 0 radical (unpaired) electrons. The fraction of sp³-hybridized carbons (Fsp3) is 0.261. The van der Waals surface area contributed by atoms with Crippen LogP contribution in [0.2, 0.25) is 0 Å². The van der Waals surface area contributed by atoms with Crippen LogP contribution < -0.4 is 4.90 Å². The lowest BCUT2D eigenvalue weighted by molar-refractivity contribution is -0.145. The SMILES string of the molecule is N#Cc1c(C(F)(F)F)cc(C(F)(F)F)nc1-n1cccc1C(=O)N(CC1CC1)c1ccc(F)cc1. The Morgan fingerprint density at radius 2 is 1.74 bits per heavy atom. The summed E-state index contributed by atoms with van der Waals surface area (Å²) in [4.78, 5) is 18.0. The van der Waals surface area contributed by atoms with Crippen LogP contribution in [-0.4, -0.2) is 22.0 Å². The van der Waals surface area contributed by atoms with Crippen molar-refractivity contribution in [1.82, 2.24) is 9.55 Å². The number of benzene rings is 1. The van der Waals surface area contributed by atoms with Gasteiger partial charge in [-0.05, 0) is 61.2 Å². The van der Waals surface area contributed by atoms with Crippen molar-refractivity contribution in [2.24, 2.45) is 5.92 Å². The summed E-state index contributed by atoms with van der Waals surface area (Å²) in [6.07, 6.45) is -7.82. The average molecular weight is 496 g/mol. The highest BCUT2D eigenvalue weighted by atomic mass is 19.4. The van der Waals surface area contributed by atoms with E-state index in [1.807, 2.05) is 0 Å². The number of halogens is 7. The topological polar surface area (TPSA) is 61.9 Å². The van der Waals surface area contributed by atoms with Crippen LogP contribution in [0.15, 0.2) is 48.7 Å². The predicted molar refractivity (Wildman–Crippen MR) is 109 cm³/mol. The smallest absolute Gasteiger partial charge is 0.307 e. The van der Waals surface area contributed by atoms with Gasteiger partial charge in [-0.25, -0.2) is 9.37 Å². The normalized spacial score (nSPS) is 14.0. The first-order valence-electron chi connectivity index (χ1n) is 10.2. The second-order valence-electron chi connectivity index (χ2n) is 7.96. The number of amides is 1. The van der Waals surface area contributed by atoms with Crippen LogP contribution in [0.1, 0.15) is 40.2 Å². The molecule has 0 aliphatic heterocycles. The minimum atomic E-state index is -5.29. The molecule has 35 heavy (non-hydrogen) atoms. The molecule has 4 rings (SSSR count). The summed E-state index contributed by atoms with van der Waals surface area (Å²) >= 11 is 0. The van der Waals surface area contributed by atoms with E-state index in [-0.39, 0.29) is 24.2 Å². The van der Waals surface area contributed by atoms with E-state index < -0.39 is 46.7 Å². The van der Waals surface area contributed by atoms with Gasteiger partial charge in [-0.2, -0.15) is 31.6 Å². The van der Waals surface area contributed by atoms with E-state index in [1.165, 1.54) is 35.2 Å². The molecule has 1 aliphatic rings. The number of aromatic nitrogens is 2. The van der Waals surface area contributed by atoms with E-state index in [0.29, 0.717) is 5.69 Å². The van der Waals surface area contributed by atoms with Crippen molar-refractivity contribution in [2.45, 2.75) is 25.2 Å². The van der Waals surface area contributed by atoms with Gasteiger partial charge in [0, 0.05) is 18.4 Å². The molecule has 0 saturated heterocycles. The summed E-state index contributed by atoms with van der Waals surface area (Å²) in [5, 5.41) is 9.41. The molecule has 12 heteroatoms. The Hall–Kier alpha value is -3.88. The Morgan fingerprint density at radius 1 is 1.09 bits per heavy atom. The maximum absolute atomic E-state index is 13.6. The Bertz CT molecular complexity index is 1300. The monoisotopic (exact) mass is 496 g/mol. The molecule has 1 saturated carbocycles. The van der Waals surface area contributed by atoms with Crippen LogP contribution in [0.5, 0.6) is 0 Å². The number of nitrogens with zero attached hydrogens (tertiary/aromatic N) is 4. The first-order chi connectivity index (χ1) is 16.4. The third-order valence-electron chi connectivity index (χ3n) is 5.43. The number of anilines is 1. The highest BCUT2D eigenvalue weighted by Gasteiger charge is 2.42. The Morgan fingerprint density at radius 3 is 2.29 bits per heavy atom. The lowest BCUT2D eigenvalue weighted by Gasteiger charge is -2.24. The van der Waals surface area contributed by atoms with Gasteiger partial charge >= 0.3 is 12.4 Å². The number of carbonyl (C=O) groups excluding carboxylic acids is 1. The Balaban J connectivity index is 1.87. The maximum Gasteiger partial charge on any atom is 0.433 e. The zero-order chi connectivity index (χ0) is 25.5. The fourth-order valence-electron chi connectivity index (χ4n) is 3.55. The molecular formula is C23H15F7N4O. The van der Waals surface area contributed by atoms with E-state index in [0.717, 1.165) is 35.7 Å². The Labute approximate surface area is 194 Å². The van der Waals surface area contributed by atoms with E-state index in [1.54, 1.807) is 0 Å². The summed E-state index contributed by atoms with van der Waals surface area (Å²) in [5.74, 6) is -2.15. The molecule has 0 atom stereocenters. The van der Waals surface area contributed by atoms with Crippen LogP contribution in [0.25, 0.3) is 5.82 Å². The zero-order valence-electron chi connectivity index (χ0n) is 17.7.